The van der Waals surface area contributed by atoms with E-state index < -0.39 is 0 Å². The van der Waals surface area contributed by atoms with E-state index in [-0.39, 0.29) is 0 Å². The fourth-order valence-electron chi connectivity index (χ4n) is 4.55. The molecule has 0 spiro atoms. The first kappa shape index (κ1) is 18.1. The van der Waals surface area contributed by atoms with Gasteiger partial charge in [-0.25, -0.2) is 9.97 Å². The van der Waals surface area contributed by atoms with Gasteiger partial charge in [-0.15, -0.1) is 0 Å². The number of aromatic nitrogens is 6. The first-order valence-electron chi connectivity index (χ1n) is 10.8. The van der Waals surface area contributed by atoms with Gasteiger partial charge in [0, 0.05) is 59.8 Å². The van der Waals surface area contributed by atoms with Crippen LogP contribution in [0.2, 0.25) is 0 Å². The van der Waals surface area contributed by atoms with Gasteiger partial charge in [0.25, 0.3) is 0 Å². The summed E-state index contributed by atoms with van der Waals surface area (Å²) in [4.78, 5) is 19.5. The Morgan fingerprint density at radius 2 is 1.84 bits per heavy atom. The van der Waals surface area contributed by atoms with Gasteiger partial charge < -0.3 is 9.88 Å². The van der Waals surface area contributed by atoms with E-state index in [1.54, 1.807) is 0 Å². The second-order valence-corrected chi connectivity index (χ2v) is 8.21. The fraction of sp³-hybridized carbons (Fsp3) is 0.250. The van der Waals surface area contributed by atoms with E-state index in [1.165, 1.54) is 24.8 Å². The molecule has 6 heterocycles. The molecule has 0 unspecified atom stereocenters. The van der Waals surface area contributed by atoms with Crippen LogP contribution in [0.1, 0.15) is 24.8 Å². The van der Waals surface area contributed by atoms with Gasteiger partial charge in [-0.2, -0.15) is 5.10 Å². The summed E-state index contributed by atoms with van der Waals surface area (Å²) in [6.07, 6.45) is 11.2. The van der Waals surface area contributed by atoms with E-state index in [0.717, 1.165) is 57.7 Å². The number of nitrogens with one attached hydrogen (secondary N) is 2. The van der Waals surface area contributed by atoms with Gasteiger partial charge in [0.1, 0.15) is 5.82 Å². The molecule has 7 nitrogen and oxygen atoms in total. The molecule has 2 N–H and O–H groups in total. The molecule has 0 saturated carbocycles. The van der Waals surface area contributed by atoms with Crippen LogP contribution in [0.25, 0.3) is 44.5 Å². The minimum absolute atomic E-state index is 0.702. The van der Waals surface area contributed by atoms with Crippen molar-refractivity contribution in [2.24, 2.45) is 0 Å². The van der Waals surface area contributed by atoms with Gasteiger partial charge in [0.2, 0.25) is 0 Å². The molecule has 0 radical (unpaired) electrons. The number of anilines is 1. The van der Waals surface area contributed by atoms with Crippen molar-refractivity contribution in [3.63, 3.8) is 0 Å². The Morgan fingerprint density at radius 1 is 0.935 bits per heavy atom. The van der Waals surface area contributed by atoms with Crippen molar-refractivity contribution in [2.45, 2.75) is 26.2 Å². The molecule has 1 aliphatic heterocycles. The average molecular weight is 409 g/mol. The lowest BCUT2D eigenvalue weighted by atomic mass is 10.0. The molecular formula is C24H23N7. The molecular weight excluding hydrogens is 386 g/mol. The van der Waals surface area contributed by atoms with Crippen LogP contribution in [-0.2, 0) is 0 Å². The first-order chi connectivity index (χ1) is 15.3. The zero-order chi connectivity index (χ0) is 20.8. The lowest BCUT2D eigenvalue weighted by molar-refractivity contribution is 0.575. The minimum Gasteiger partial charge on any atom is -0.356 e. The molecule has 0 atom stereocenters. The standard InChI is InChI=1S/C24H23N7/c1-15-5-7-25-14-19(15)16-11-18-22(29-30-23(18)27-13-16)21-12-17-20(28-21)6-8-26-24(17)31-9-3-2-4-10-31/h5-8,11-14,28H,2-4,9-10H2,1H3,(H,27,29,30). The van der Waals surface area contributed by atoms with E-state index in [9.17, 15) is 0 Å². The molecule has 1 fully saturated rings. The highest BCUT2D eigenvalue weighted by atomic mass is 15.2. The number of nitrogens with zero attached hydrogens (tertiary/aromatic N) is 5. The maximum Gasteiger partial charge on any atom is 0.181 e. The molecule has 0 bridgehead atoms. The monoisotopic (exact) mass is 409 g/mol. The van der Waals surface area contributed by atoms with Gasteiger partial charge in [-0.3, -0.25) is 10.1 Å². The fourth-order valence-corrected chi connectivity index (χ4v) is 4.55. The number of aromatic amines is 2. The number of aryl methyl sites for hydroxylation is 1. The van der Waals surface area contributed by atoms with Crippen LogP contribution in [-0.4, -0.2) is 43.2 Å². The van der Waals surface area contributed by atoms with Gasteiger partial charge in [-0.05, 0) is 56.0 Å². The van der Waals surface area contributed by atoms with Gasteiger partial charge in [0.15, 0.2) is 5.65 Å². The normalized spacial score (nSPS) is 14.5. The lowest BCUT2D eigenvalue weighted by Gasteiger charge is -2.28. The predicted molar refractivity (Wildman–Crippen MR) is 123 cm³/mol. The maximum atomic E-state index is 4.71. The second-order valence-electron chi connectivity index (χ2n) is 8.21. The topological polar surface area (TPSA) is 86.4 Å². The number of fused-ring (bicyclic) bond motifs is 2. The molecule has 5 aromatic rings. The average Bonchev–Trinajstić information content (AvgIpc) is 3.43. The summed E-state index contributed by atoms with van der Waals surface area (Å²) in [5, 5.41) is 9.76. The Bertz CT molecular complexity index is 1390. The Hall–Kier alpha value is -3.74. The first-order valence-corrected chi connectivity index (χ1v) is 10.8. The summed E-state index contributed by atoms with van der Waals surface area (Å²) < 4.78 is 0. The Labute approximate surface area is 179 Å². The summed E-state index contributed by atoms with van der Waals surface area (Å²) in [5.74, 6) is 1.06. The molecule has 0 aliphatic carbocycles. The lowest BCUT2D eigenvalue weighted by Crippen LogP contribution is -2.30. The Morgan fingerprint density at radius 3 is 2.71 bits per heavy atom. The number of hydrogen-bond donors (Lipinski definition) is 2. The highest BCUT2D eigenvalue weighted by molar-refractivity contribution is 5.99. The quantitative estimate of drug-likeness (QED) is 0.444. The van der Waals surface area contributed by atoms with Crippen LogP contribution in [0.5, 0.6) is 0 Å². The van der Waals surface area contributed by atoms with Crippen molar-refractivity contribution < 1.29 is 0 Å². The SMILES string of the molecule is Cc1ccncc1-c1cnc2n[nH]c(-c3cc4c(N5CCCCC5)nccc4[nH]3)c2c1. The molecule has 1 aliphatic rings. The van der Waals surface area contributed by atoms with Crippen molar-refractivity contribution in [3.8, 4) is 22.5 Å². The van der Waals surface area contributed by atoms with Gasteiger partial charge >= 0.3 is 0 Å². The van der Waals surface area contributed by atoms with E-state index in [0.29, 0.717) is 5.65 Å². The molecule has 154 valence electrons. The third-order valence-electron chi connectivity index (χ3n) is 6.21. The number of pyridine rings is 3. The third-order valence-corrected chi connectivity index (χ3v) is 6.21. The zero-order valence-electron chi connectivity index (χ0n) is 17.4. The van der Waals surface area contributed by atoms with Crippen molar-refractivity contribution in [2.75, 3.05) is 18.0 Å². The van der Waals surface area contributed by atoms with Crippen LogP contribution >= 0.6 is 0 Å². The Kier molecular flexibility index (Phi) is 4.19. The zero-order valence-corrected chi connectivity index (χ0v) is 17.4. The van der Waals surface area contributed by atoms with E-state index >= 15 is 0 Å². The third kappa shape index (κ3) is 3.04. The smallest absolute Gasteiger partial charge is 0.181 e. The second kappa shape index (κ2) is 7.19. The van der Waals surface area contributed by atoms with E-state index in [2.05, 4.69) is 49.1 Å². The van der Waals surface area contributed by atoms with E-state index in [1.807, 2.05) is 36.9 Å². The van der Waals surface area contributed by atoms with Crippen molar-refractivity contribution in [1.82, 2.24) is 30.1 Å². The van der Waals surface area contributed by atoms with Gasteiger partial charge in [0.05, 0.1) is 16.9 Å². The minimum atomic E-state index is 0.702. The molecule has 0 aromatic carbocycles. The number of piperidine rings is 1. The van der Waals surface area contributed by atoms with Crippen LogP contribution in [0.3, 0.4) is 0 Å². The summed E-state index contributed by atoms with van der Waals surface area (Å²) in [6.45, 7) is 4.22. The molecule has 7 heteroatoms. The number of H-pyrrole nitrogens is 2. The highest BCUT2D eigenvalue weighted by Crippen LogP contribution is 2.34. The van der Waals surface area contributed by atoms with Crippen molar-refractivity contribution in [3.05, 3.63) is 54.6 Å². The summed E-state index contributed by atoms with van der Waals surface area (Å²) >= 11 is 0. The van der Waals surface area contributed by atoms with Crippen LogP contribution < -0.4 is 4.90 Å². The molecule has 5 aromatic heterocycles. The van der Waals surface area contributed by atoms with E-state index in [4.69, 9.17) is 4.98 Å². The maximum absolute atomic E-state index is 4.71. The van der Waals surface area contributed by atoms with Crippen molar-refractivity contribution >= 4 is 27.8 Å². The summed E-state index contributed by atoms with van der Waals surface area (Å²) in [7, 11) is 0. The molecule has 6 rings (SSSR count). The van der Waals surface area contributed by atoms with Crippen LogP contribution in [0.15, 0.2) is 49.1 Å². The largest absolute Gasteiger partial charge is 0.356 e. The van der Waals surface area contributed by atoms with Crippen molar-refractivity contribution in [1.29, 1.82) is 0 Å². The van der Waals surface area contributed by atoms with Gasteiger partial charge in [-0.1, -0.05) is 0 Å². The molecule has 31 heavy (non-hydrogen) atoms. The van der Waals surface area contributed by atoms with Crippen LogP contribution in [0.4, 0.5) is 5.82 Å². The highest BCUT2D eigenvalue weighted by Gasteiger charge is 2.18. The summed E-state index contributed by atoms with van der Waals surface area (Å²) in [5.41, 5.74) is 7.00. The molecule has 0 amide bonds. The van der Waals surface area contributed by atoms with Crippen LogP contribution in [0, 0.1) is 6.92 Å². The Balaban J connectivity index is 1.47. The molecule has 1 saturated heterocycles. The summed E-state index contributed by atoms with van der Waals surface area (Å²) in [6, 6.07) is 8.37. The number of rotatable bonds is 3. The predicted octanol–water partition coefficient (Wildman–Crippen LogP) is 4.86. The number of hydrogen-bond acceptors (Lipinski definition) is 5.